The van der Waals surface area contributed by atoms with E-state index in [1.807, 2.05) is 0 Å². The molecule has 0 aliphatic rings. The molecule has 194 valence electrons. The van der Waals surface area contributed by atoms with Crippen molar-refractivity contribution in [1.82, 2.24) is 5.32 Å². The van der Waals surface area contributed by atoms with Crippen LogP contribution in [0.5, 0.6) is 0 Å². The smallest absolute Gasteiger partial charge is 0.00489 e. The van der Waals surface area contributed by atoms with Crippen LogP contribution in [0.1, 0.15) is 187 Å². The quantitative estimate of drug-likeness (QED) is 0.111. The Morgan fingerprint density at radius 1 is 0.250 bits per heavy atom. The molecule has 0 saturated carbocycles. The zero-order valence-electron chi connectivity index (χ0n) is 23.0. The molecule has 0 unspecified atom stereocenters. The van der Waals surface area contributed by atoms with Gasteiger partial charge in [0.25, 0.3) is 0 Å². The maximum Gasteiger partial charge on any atom is -0.00489 e. The number of nitrogens with one attached hydrogen (secondary N) is 1. The first kappa shape index (κ1) is 32.0. The molecule has 0 spiro atoms. The van der Waals surface area contributed by atoms with E-state index in [9.17, 15) is 0 Å². The van der Waals surface area contributed by atoms with Crippen molar-refractivity contribution in [3.8, 4) is 0 Å². The van der Waals surface area contributed by atoms with Crippen molar-refractivity contribution in [2.75, 3.05) is 13.1 Å². The molecule has 32 heavy (non-hydrogen) atoms. The monoisotopic (exact) mass is 452 g/mol. The fourth-order valence-corrected chi connectivity index (χ4v) is 4.84. The van der Waals surface area contributed by atoms with Crippen molar-refractivity contribution < 1.29 is 0 Å². The summed E-state index contributed by atoms with van der Waals surface area (Å²) in [5, 5.41) is 3.67. The minimum absolute atomic E-state index is 1.25. The van der Waals surface area contributed by atoms with Crippen LogP contribution < -0.4 is 5.32 Å². The summed E-state index contributed by atoms with van der Waals surface area (Å²) in [6.07, 6.45) is 39.2. The Balaban J connectivity index is 2.98. The zero-order chi connectivity index (χ0) is 23.2. The topological polar surface area (TPSA) is 12.0 Å². The molecule has 0 aromatic carbocycles. The molecule has 1 heteroatoms. The van der Waals surface area contributed by atoms with Gasteiger partial charge in [-0.25, -0.2) is 0 Å². The number of hydrogen-bond acceptors (Lipinski definition) is 1. The molecule has 0 fully saturated rings. The summed E-state index contributed by atoms with van der Waals surface area (Å²) in [4.78, 5) is 0. The molecule has 0 aromatic rings. The maximum atomic E-state index is 3.67. The van der Waals surface area contributed by atoms with E-state index in [0.29, 0.717) is 0 Å². The second-order valence-corrected chi connectivity index (χ2v) is 10.6. The van der Waals surface area contributed by atoms with Gasteiger partial charge < -0.3 is 5.32 Å². The summed E-state index contributed by atoms with van der Waals surface area (Å²) in [6, 6.07) is 0. The predicted octanol–water partition coefficient (Wildman–Crippen LogP) is 11.1. The maximum absolute atomic E-state index is 3.67. The molecule has 0 heterocycles. The number of rotatable bonds is 29. The van der Waals surface area contributed by atoms with Gasteiger partial charge in [0.2, 0.25) is 0 Å². The molecule has 1 N–H and O–H groups in total. The largest absolute Gasteiger partial charge is 0.317 e. The molecular weight excluding hydrogens is 386 g/mol. The highest BCUT2D eigenvalue weighted by Gasteiger charge is 1.96. The van der Waals surface area contributed by atoms with E-state index in [2.05, 4.69) is 19.2 Å². The molecule has 0 radical (unpaired) electrons. The lowest BCUT2D eigenvalue weighted by atomic mass is 10.0. The third-order valence-electron chi connectivity index (χ3n) is 7.16. The van der Waals surface area contributed by atoms with E-state index in [1.165, 1.54) is 186 Å². The van der Waals surface area contributed by atoms with Gasteiger partial charge in [0.05, 0.1) is 0 Å². The van der Waals surface area contributed by atoms with Gasteiger partial charge >= 0.3 is 0 Å². The van der Waals surface area contributed by atoms with Crippen molar-refractivity contribution >= 4 is 0 Å². The van der Waals surface area contributed by atoms with Crippen LogP contribution in [0, 0.1) is 0 Å². The second-order valence-electron chi connectivity index (χ2n) is 10.6. The van der Waals surface area contributed by atoms with Gasteiger partial charge in [0.1, 0.15) is 0 Å². The Morgan fingerprint density at radius 3 is 0.656 bits per heavy atom. The average molecular weight is 452 g/mol. The number of unbranched alkanes of at least 4 members (excludes halogenated alkanes) is 25. The van der Waals surface area contributed by atoms with Crippen LogP contribution in [0.3, 0.4) is 0 Å². The molecule has 0 bridgehead atoms. The standard InChI is InChI=1S/C31H65N/c1-3-5-7-9-11-13-15-16-17-18-19-21-23-25-27-29-31-32-30-28-26-24-22-20-14-12-10-8-6-4-2/h32H,3-31H2,1-2H3. The van der Waals surface area contributed by atoms with Crippen molar-refractivity contribution in [2.45, 2.75) is 187 Å². The zero-order valence-corrected chi connectivity index (χ0v) is 23.0. The molecule has 0 amide bonds. The Hall–Kier alpha value is -0.0400. The van der Waals surface area contributed by atoms with Crippen LogP contribution in [0.25, 0.3) is 0 Å². The van der Waals surface area contributed by atoms with E-state index in [-0.39, 0.29) is 0 Å². The van der Waals surface area contributed by atoms with Crippen LogP contribution in [0.15, 0.2) is 0 Å². The minimum Gasteiger partial charge on any atom is -0.317 e. The van der Waals surface area contributed by atoms with Gasteiger partial charge in [-0.2, -0.15) is 0 Å². The summed E-state index contributed by atoms with van der Waals surface area (Å²) < 4.78 is 0. The normalized spacial score (nSPS) is 11.4. The van der Waals surface area contributed by atoms with E-state index in [4.69, 9.17) is 0 Å². The van der Waals surface area contributed by atoms with E-state index >= 15 is 0 Å². The molecule has 0 atom stereocenters. The lowest BCUT2D eigenvalue weighted by Crippen LogP contribution is -2.16. The summed E-state index contributed by atoms with van der Waals surface area (Å²) in [5.41, 5.74) is 0. The van der Waals surface area contributed by atoms with Gasteiger partial charge in [0.15, 0.2) is 0 Å². The van der Waals surface area contributed by atoms with Gasteiger partial charge in [-0.05, 0) is 25.9 Å². The molecule has 0 rings (SSSR count). The Bertz CT molecular complexity index is 271. The van der Waals surface area contributed by atoms with Crippen LogP contribution in [-0.2, 0) is 0 Å². The highest BCUT2D eigenvalue weighted by Crippen LogP contribution is 2.14. The molecule has 0 aliphatic heterocycles. The minimum atomic E-state index is 1.25. The van der Waals surface area contributed by atoms with Crippen LogP contribution in [0.2, 0.25) is 0 Å². The van der Waals surface area contributed by atoms with Crippen molar-refractivity contribution in [3.63, 3.8) is 0 Å². The second kappa shape index (κ2) is 31.0. The van der Waals surface area contributed by atoms with Gasteiger partial charge in [0, 0.05) is 0 Å². The summed E-state index contributed by atoms with van der Waals surface area (Å²) in [5.74, 6) is 0. The van der Waals surface area contributed by atoms with Crippen LogP contribution >= 0.6 is 0 Å². The number of hydrogen-bond donors (Lipinski definition) is 1. The molecule has 1 nitrogen and oxygen atoms in total. The Kier molecular flexibility index (Phi) is 30.9. The molecule has 0 aromatic heterocycles. The molecule has 0 aliphatic carbocycles. The third kappa shape index (κ3) is 30.0. The third-order valence-corrected chi connectivity index (χ3v) is 7.16. The van der Waals surface area contributed by atoms with Crippen molar-refractivity contribution in [2.24, 2.45) is 0 Å². The Morgan fingerprint density at radius 2 is 0.438 bits per heavy atom. The lowest BCUT2D eigenvalue weighted by molar-refractivity contribution is 0.518. The fraction of sp³-hybridized carbons (Fsp3) is 1.00. The Labute approximate surface area is 205 Å². The lowest BCUT2D eigenvalue weighted by Gasteiger charge is -2.06. The SMILES string of the molecule is CCCCCCCCCCCCCCCCCCNCCCCCCCCCCCCC. The first-order valence-electron chi connectivity index (χ1n) is 15.6. The molecule has 0 saturated heterocycles. The highest BCUT2D eigenvalue weighted by atomic mass is 14.8. The van der Waals surface area contributed by atoms with E-state index in [0.717, 1.165) is 0 Å². The highest BCUT2D eigenvalue weighted by molar-refractivity contribution is 4.53. The first-order chi connectivity index (χ1) is 15.9. The predicted molar refractivity (Wildman–Crippen MR) is 149 cm³/mol. The van der Waals surface area contributed by atoms with Gasteiger partial charge in [-0.1, -0.05) is 174 Å². The molecular formula is C31H65N. The average Bonchev–Trinajstić information content (AvgIpc) is 2.81. The summed E-state index contributed by atoms with van der Waals surface area (Å²) in [6.45, 7) is 7.10. The van der Waals surface area contributed by atoms with Crippen LogP contribution in [-0.4, -0.2) is 13.1 Å². The van der Waals surface area contributed by atoms with Crippen molar-refractivity contribution in [3.05, 3.63) is 0 Å². The van der Waals surface area contributed by atoms with E-state index < -0.39 is 0 Å². The van der Waals surface area contributed by atoms with Gasteiger partial charge in [-0.15, -0.1) is 0 Å². The van der Waals surface area contributed by atoms with Gasteiger partial charge in [-0.3, -0.25) is 0 Å². The van der Waals surface area contributed by atoms with Crippen molar-refractivity contribution in [1.29, 1.82) is 0 Å². The van der Waals surface area contributed by atoms with E-state index in [1.54, 1.807) is 0 Å². The van der Waals surface area contributed by atoms with Crippen LogP contribution in [0.4, 0.5) is 0 Å². The first-order valence-corrected chi connectivity index (χ1v) is 15.6. The summed E-state index contributed by atoms with van der Waals surface area (Å²) in [7, 11) is 0. The summed E-state index contributed by atoms with van der Waals surface area (Å²) >= 11 is 0. The fourth-order valence-electron chi connectivity index (χ4n) is 4.84.